The smallest absolute Gasteiger partial charge is 0.304 e. The lowest BCUT2D eigenvalue weighted by Crippen LogP contribution is -2.53. The highest BCUT2D eigenvalue weighted by Gasteiger charge is 2.30. The van der Waals surface area contributed by atoms with Gasteiger partial charge in [-0.25, -0.2) is 4.31 Å². The van der Waals surface area contributed by atoms with Crippen molar-refractivity contribution >= 4 is 27.5 Å². The van der Waals surface area contributed by atoms with Gasteiger partial charge in [0.15, 0.2) is 0 Å². The van der Waals surface area contributed by atoms with Crippen LogP contribution in [-0.4, -0.2) is 70.3 Å². The molecular formula is C21H28N4O3S. The molecular weight excluding hydrogens is 388 g/mol. The van der Waals surface area contributed by atoms with Crippen molar-refractivity contribution in [2.75, 3.05) is 56.0 Å². The van der Waals surface area contributed by atoms with Crippen molar-refractivity contribution in [1.82, 2.24) is 9.21 Å². The fourth-order valence-electron chi connectivity index (χ4n) is 3.29. The van der Waals surface area contributed by atoms with Crippen LogP contribution in [0.5, 0.6) is 0 Å². The van der Waals surface area contributed by atoms with Crippen LogP contribution in [0.2, 0.25) is 0 Å². The molecule has 2 aromatic carbocycles. The third-order valence-electron chi connectivity index (χ3n) is 5.09. The van der Waals surface area contributed by atoms with Gasteiger partial charge in [-0.15, -0.1) is 0 Å². The summed E-state index contributed by atoms with van der Waals surface area (Å²) in [4.78, 5) is 16.9. The molecule has 1 aliphatic heterocycles. The topological polar surface area (TPSA) is 64.2 Å². The molecule has 1 aliphatic rings. The van der Waals surface area contributed by atoms with Crippen LogP contribution in [0.3, 0.4) is 0 Å². The minimum absolute atomic E-state index is 0.191. The second kappa shape index (κ2) is 8.84. The number of amides is 1. The lowest BCUT2D eigenvalue weighted by atomic mass is 10.2. The Morgan fingerprint density at radius 3 is 2.07 bits per heavy atom. The van der Waals surface area contributed by atoms with Gasteiger partial charge in [-0.1, -0.05) is 35.9 Å². The molecule has 0 spiro atoms. The highest BCUT2D eigenvalue weighted by Crippen LogP contribution is 2.21. The molecule has 7 nitrogen and oxygen atoms in total. The summed E-state index contributed by atoms with van der Waals surface area (Å²) in [6.07, 6.45) is 0. The maximum atomic E-state index is 12.9. The number of anilines is 2. The van der Waals surface area contributed by atoms with Crippen LogP contribution < -0.4 is 9.21 Å². The number of carbonyl (C=O) groups excluding carboxylic acids is 1. The first kappa shape index (κ1) is 21.1. The first-order valence-electron chi connectivity index (χ1n) is 9.63. The van der Waals surface area contributed by atoms with E-state index in [4.69, 9.17) is 0 Å². The zero-order valence-corrected chi connectivity index (χ0v) is 18.0. The molecule has 156 valence electrons. The lowest BCUT2D eigenvalue weighted by Gasteiger charge is -2.37. The first-order valence-corrected chi connectivity index (χ1v) is 11.0. The van der Waals surface area contributed by atoms with Gasteiger partial charge in [0, 0.05) is 46.0 Å². The van der Waals surface area contributed by atoms with Gasteiger partial charge < -0.3 is 9.80 Å². The minimum atomic E-state index is -3.78. The summed E-state index contributed by atoms with van der Waals surface area (Å²) in [6.45, 7) is 4.30. The molecule has 29 heavy (non-hydrogen) atoms. The monoisotopic (exact) mass is 416 g/mol. The van der Waals surface area contributed by atoms with Crippen molar-refractivity contribution in [2.24, 2.45) is 0 Å². The molecule has 0 unspecified atom stereocenters. The quantitative estimate of drug-likeness (QED) is 0.722. The number of para-hydroxylation sites is 1. The second-order valence-corrected chi connectivity index (χ2v) is 9.40. The molecule has 1 fully saturated rings. The van der Waals surface area contributed by atoms with Crippen molar-refractivity contribution in [3.05, 3.63) is 60.2 Å². The van der Waals surface area contributed by atoms with Gasteiger partial charge in [-0.3, -0.25) is 4.79 Å². The number of hydrogen-bond acceptors (Lipinski definition) is 4. The Kier molecular flexibility index (Phi) is 6.44. The highest BCUT2D eigenvalue weighted by atomic mass is 32.2. The second-order valence-electron chi connectivity index (χ2n) is 7.34. The number of benzene rings is 2. The zero-order chi connectivity index (χ0) is 21.0. The lowest BCUT2D eigenvalue weighted by molar-refractivity contribution is -0.129. The third-order valence-corrected chi connectivity index (χ3v) is 6.91. The molecule has 3 rings (SSSR count). The highest BCUT2D eigenvalue weighted by molar-refractivity contribution is 7.90. The largest absolute Gasteiger partial charge is 0.368 e. The van der Waals surface area contributed by atoms with Gasteiger partial charge in [0.1, 0.15) is 6.54 Å². The summed E-state index contributed by atoms with van der Waals surface area (Å²) in [5.74, 6) is -0.191. The van der Waals surface area contributed by atoms with Crippen molar-refractivity contribution < 1.29 is 13.2 Å². The van der Waals surface area contributed by atoms with Crippen LogP contribution in [0.25, 0.3) is 0 Å². The van der Waals surface area contributed by atoms with Crippen molar-refractivity contribution in [1.29, 1.82) is 0 Å². The van der Waals surface area contributed by atoms with E-state index in [9.17, 15) is 13.2 Å². The number of carbonyl (C=O) groups is 1. The van der Waals surface area contributed by atoms with Crippen LogP contribution in [0.1, 0.15) is 5.56 Å². The summed E-state index contributed by atoms with van der Waals surface area (Å²) >= 11 is 0. The Bertz CT molecular complexity index is 922. The maximum absolute atomic E-state index is 12.9. The zero-order valence-electron chi connectivity index (χ0n) is 17.2. The van der Waals surface area contributed by atoms with E-state index in [0.29, 0.717) is 18.8 Å². The molecule has 0 N–H and O–H groups in total. The predicted octanol–water partition coefficient (Wildman–Crippen LogP) is 1.96. The number of hydrogen-bond donors (Lipinski definition) is 0. The summed E-state index contributed by atoms with van der Waals surface area (Å²) in [6, 6.07) is 17.2. The van der Waals surface area contributed by atoms with Gasteiger partial charge in [0.2, 0.25) is 5.91 Å². The normalized spacial score (nSPS) is 14.9. The van der Waals surface area contributed by atoms with Gasteiger partial charge in [0.05, 0.1) is 5.69 Å². The van der Waals surface area contributed by atoms with E-state index < -0.39 is 10.2 Å². The average molecular weight is 417 g/mol. The Balaban J connectivity index is 1.71. The number of aryl methyl sites for hydroxylation is 1. The van der Waals surface area contributed by atoms with E-state index in [-0.39, 0.29) is 12.5 Å². The molecule has 0 atom stereocenters. The number of rotatable bonds is 6. The SMILES string of the molecule is Cc1ccc(N(CC(=O)N2CCN(c3ccccc3)CC2)S(=O)(=O)N(C)C)cc1. The standard InChI is InChI=1S/C21H28N4O3S/c1-18-9-11-20(12-10-18)25(29(27,28)22(2)3)17-21(26)24-15-13-23(14-16-24)19-7-5-4-6-8-19/h4-12H,13-17H2,1-3H3. The Hall–Kier alpha value is -2.58. The van der Waals surface area contributed by atoms with Crippen LogP contribution in [0.15, 0.2) is 54.6 Å². The van der Waals surface area contributed by atoms with Gasteiger partial charge in [-0.2, -0.15) is 12.7 Å². The minimum Gasteiger partial charge on any atom is -0.368 e. The van der Waals surface area contributed by atoms with Gasteiger partial charge in [-0.05, 0) is 31.2 Å². The van der Waals surface area contributed by atoms with E-state index in [1.165, 1.54) is 18.4 Å². The van der Waals surface area contributed by atoms with Crippen LogP contribution in [0, 0.1) is 6.92 Å². The van der Waals surface area contributed by atoms with Crippen molar-refractivity contribution in [3.8, 4) is 0 Å². The fourth-order valence-corrected chi connectivity index (χ4v) is 4.35. The molecule has 0 bridgehead atoms. The molecule has 0 saturated carbocycles. The first-order chi connectivity index (χ1) is 13.8. The number of nitrogens with zero attached hydrogens (tertiary/aromatic N) is 4. The van der Waals surface area contributed by atoms with Gasteiger partial charge >= 0.3 is 10.2 Å². The molecule has 0 aliphatic carbocycles. The third kappa shape index (κ3) is 4.89. The maximum Gasteiger partial charge on any atom is 0.304 e. The molecule has 1 saturated heterocycles. The van der Waals surface area contributed by atoms with Crippen LogP contribution in [0.4, 0.5) is 11.4 Å². The molecule has 1 amide bonds. The van der Waals surface area contributed by atoms with Crippen LogP contribution >= 0.6 is 0 Å². The predicted molar refractivity (Wildman–Crippen MR) is 116 cm³/mol. The van der Waals surface area contributed by atoms with Gasteiger partial charge in [0.25, 0.3) is 0 Å². The molecule has 0 aromatic heterocycles. The van der Waals surface area contributed by atoms with Crippen molar-refractivity contribution in [2.45, 2.75) is 6.92 Å². The molecule has 1 heterocycles. The van der Waals surface area contributed by atoms with Crippen molar-refractivity contribution in [3.63, 3.8) is 0 Å². The summed E-state index contributed by atoms with van der Waals surface area (Å²) in [5.41, 5.74) is 2.65. The van der Waals surface area contributed by atoms with Crippen LogP contribution in [-0.2, 0) is 15.0 Å². The summed E-state index contributed by atoms with van der Waals surface area (Å²) < 4.78 is 28.0. The summed E-state index contributed by atoms with van der Waals surface area (Å²) in [5, 5.41) is 0. The fraction of sp³-hybridized carbons (Fsp3) is 0.381. The summed E-state index contributed by atoms with van der Waals surface area (Å²) in [7, 11) is -0.840. The average Bonchev–Trinajstić information content (AvgIpc) is 2.73. The molecule has 0 radical (unpaired) electrons. The Labute approximate surface area is 173 Å². The Morgan fingerprint density at radius 2 is 1.52 bits per heavy atom. The van der Waals surface area contributed by atoms with E-state index in [1.807, 2.05) is 37.3 Å². The molecule has 8 heteroatoms. The van der Waals surface area contributed by atoms with E-state index in [0.717, 1.165) is 28.6 Å². The van der Waals surface area contributed by atoms with E-state index >= 15 is 0 Å². The Morgan fingerprint density at radius 1 is 0.931 bits per heavy atom. The molecule has 2 aromatic rings. The van der Waals surface area contributed by atoms with E-state index in [1.54, 1.807) is 17.0 Å². The number of piperazine rings is 1. The van der Waals surface area contributed by atoms with E-state index in [2.05, 4.69) is 17.0 Å².